The zero-order valence-corrected chi connectivity index (χ0v) is 31.7. The lowest BCUT2D eigenvalue weighted by atomic mass is 9.89. The molecular weight excluding hydrogens is 701 g/mol. The molecule has 10 aromatic carbocycles. The number of fused-ring (bicyclic) bond motifs is 5. The Morgan fingerprint density at radius 2 is 0.741 bits per heavy atom. The Hall–Kier alpha value is -7.68. The van der Waals surface area contributed by atoms with Gasteiger partial charge in [-0.2, -0.15) is 0 Å². The van der Waals surface area contributed by atoms with Crippen molar-refractivity contribution in [2.45, 2.75) is 0 Å². The average molecular weight is 737 g/mol. The van der Waals surface area contributed by atoms with E-state index in [1.165, 1.54) is 65.3 Å². The second-order valence-electron chi connectivity index (χ2n) is 15.0. The number of rotatable bonds is 6. The van der Waals surface area contributed by atoms with Gasteiger partial charge in [0.1, 0.15) is 0 Å². The molecule has 2 nitrogen and oxygen atoms in total. The van der Waals surface area contributed by atoms with E-state index in [9.17, 15) is 0 Å². The summed E-state index contributed by atoms with van der Waals surface area (Å²) < 4.78 is 0. The third-order valence-electron chi connectivity index (χ3n) is 11.4. The van der Waals surface area contributed by atoms with Crippen LogP contribution in [0.1, 0.15) is 0 Å². The van der Waals surface area contributed by atoms with Gasteiger partial charge < -0.3 is 0 Å². The molecule has 0 aliphatic carbocycles. The maximum Gasteiger partial charge on any atom is 0.160 e. The molecule has 0 radical (unpaired) electrons. The monoisotopic (exact) mass is 736 g/mol. The predicted octanol–water partition coefficient (Wildman–Crippen LogP) is 15.1. The van der Waals surface area contributed by atoms with E-state index in [0.717, 1.165) is 39.2 Å². The normalized spacial score (nSPS) is 11.4. The SMILES string of the molecule is c1ccc(-c2cccc(-c3cc(-c4ccccc4)nc(-c4ccc(-c5ccc6cc(-c7c8ccccc8cc8c7ccc7ccccc78)ccc6c5)cc4)n3)c2)cc1. The first-order valence-electron chi connectivity index (χ1n) is 19.8. The van der Waals surface area contributed by atoms with Crippen LogP contribution in [0, 0.1) is 0 Å². The molecular formula is C56H36N2. The summed E-state index contributed by atoms with van der Waals surface area (Å²) >= 11 is 0. The number of hydrogen-bond acceptors (Lipinski definition) is 2. The maximum absolute atomic E-state index is 5.15. The van der Waals surface area contributed by atoms with Crippen molar-refractivity contribution in [2.24, 2.45) is 0 Å². The molecule has 0 aliphatic heterocycles. The molecule has 0 spiro atoms. The quantitative estimate of drug-likeness (QED) is 0.125. The highest BCUT2D eigenvalue weighted by molar-refractivity contribution is 6.20. The van der Waals surface area contributed by atoms with Gasteiger partial charge in [-0.3, -0.25) is 0 Å². The molecule has 0 unspecified atom stereocenters. The minimum atomic E-state index is 0.702. The molecule has 0 amide bonds. The Morgan fingerprint density at radius 1 is 0.224 bits per heavy atom. The fourth-order valence-corrected chi connectivity index (χ4v) is 8.49. The molecule has 0 saturated heterocycles. The molecule has 0 saturated carbocycles. The van der Waals surface area contributed by atoms with Crippen LogP contribution in [0.2, 0.25) is 0 Å². The van der Waals surface area contributed by atoms with Crippen LogP contribution >= 0.6 is 0 Å². The second kappa shape index (κ2) is 14.1. The van der Waals surface area contributed by atoms with E-state index in [0.29, 0.717) is 5.82 Å². The van der Waals surface area contributed by atoms with Crippen molar-refractivity contribution in [2.75, 3.05) is 0 Å². The minimum absolute atomic E-state index is 0.702. The van der Waals surface area contributed by atoms with Crippen LogP contribution in [-0.2, 0) is 0 Å². The van der Waals surface area contributed by atoms with Crippen molar-refractivity contribution in [3.05, 3.63) is 218 Å². The van der Waals surface area contributed by atoms with Gasteiger partial charge in [0.05, 0.1) is 11.4 Å². The van der Waals surface area contributed by atoms with Crippen LogP contribution in [0.5, 0.6) is 0 Å². The van der Waals surface area contributed by atoms with E-state index in [-0.39, 0.29) is 0 Å². The van der Waals surface area contributed by atoms with Crippen LogP contribution < -0.4 is 0 Å². The number of nitrogens with zero attached hydrogens (tertiary/aromatic N) is 2. The molecule has 1 heterocycles. The highest BCUT2D eigenvalue weighted by atomic mass is 14.9. The summed E-state index contributed by atoms with van der Waals surface area (Å²) in [6.07, 6.45) is 0. The summed E-state index contributed by atoms with van der Waals surface area (Å²) in [6.45, 7) is 0. The third kappa shape index (κ3) is 6.09. The Morgan fingerprint density at radius 3 is 1.52 bits per heavy atom. The third-order valence-corrected chi connectivity index (χ3v) is 11.4. The van der Waals surface area contributed by atoms with E-state index in [1.807, 2.05) is 12.1 Å². The van der Waals surface area contributed by atoms with Crippen LogP contribution in [-0.4, -0.2) is 9.97 Å². The fraction of sp³-hybridized carbons (Fsp3) is 0. The molecule has 0 atom stereocenters. The van der Waals surface area contributed by atoms with Gasteiger partial charge in [-0.25, -0.2) is 9.97 Å². The molecule has 1 aromatic heterocycles. The molecule has 2 heteroatoms. The Kier molecular flexibility index (Phi) is 8.19. The van der Waals surface area contributed by atoms with Crippen LogP contribution in [0.4, 0.5) is 0 Å². The number of hydrogen-bond donors (Lipinski definition) is 0. The van der Waals surface area contributed by atoms with E-state index in [1.54, 1.807) is 0 Å². The zero-order chi connectivity index (χ0) is 38.4. The molecule has 11 aromatic rings. The Bertz CT molecular complexity index is 3310. The topological polar surface area (TPSA) is 25.8 Å². The summed E-state index contributed by atoms with van der Waals surface area (Å²) in [7, 11) is 0. The lowest BCUT2D eigenvalue weighted by molar-refractivity contribution is 1.18. The summed E-state index contributed by atoms with van der Waals surface area (Å²) in [6, 6.07) is 78.3. The van der Waals surface area contributed by atoms with Gasteiger partial charge >= 0.3 is 0 Å². The first-order valence-corrected chi connectivity index (χ1v) is 19.8. The van der Waals surface area contributed by atoms with Gasteiger partial charge in [0.2, 0.25) is 0 Å². The van der Waals surface area contributed by atoms with Crippen molar-refractivity contribution in [1.82, 2.24) is 9.97 Å². The maximum atomic E-state index is 5.15. The molecule has 11 rings (SSSR count). The van der Waals surface area contributed by atoms with Crippen LogP contribution in [0.15, 0.2) is 218 Å². The predicted molar refractivity (Wildman–Crippen MR) is 245 cm³/mol. The minimum Gasteiger partial charge on any atom is -0.228 e. The Labute approximate surface area is 337 Å². The average Bonchev–Trinajstić information content (AvgIpc) is 3.31. The van der Waals surface area contributed by atoms with Crippen LogP contribution in [0.3, 0.4) is 0 Å². The zero-order valence-electron chi connectivity index (χ0n) is 31.7. The number of aromatic nitrogens is 2. The van der Waals surface area contributed by atoms with Gasteiger partial charge in [-0.15, -0.1) is 0 Å². The highest BCUT2D eigenvalue weighted by Gasteiger charge is 2.15. The molecule has 0 N–H and O–H groups in total. The Balaban J connectivity index is 0.951. The van der Waals surface area contributed by atoms with E-state index >= 15 is 0 Å². The summed E-state index contributed by atoms with van der Waals surface area (Å²) in [5, 5.41) is 10.1. The van der Waals surface area contributed by atoms with E-state index in [4.69, 9.17) is 9.97 Å². The van der Waals surface area contributed by atoms with Crippen LogP contribution in [0.25, 0.3) is 110 Å². The summed E-state index contributed by atoms with van der Waals surface area (Å²) in [4.78, 5) is 10.3. The van der Waals surface area contributed by atoms with E-state index < -0.39 is 0 Å². The van der Waals surface area contributed by atoms with Crippen molar-refractivity contribution in [3.8, 4) is 67.3 Å². The lowest BCUT2D eigenvalue weighted by Gasteiger charge is -2.15. The van der Waals surface area contributed by atoms with Gasteiger partial charge in [-0.1, -0.05) is 188 Å². The summed E-state index contributed by atoms with van der Waals surface area (Å²) in [5.74, 6) is 0.702. The first-order chi connectivity index (χ1) is 28.7. The lowest BCUT2D eigenvalue weighted by Crippen LogP contribution is -1.96. The molecule has 0 aliphatic rings. The highest BCUT2D eigenvalue weighted by Crippen LogP contribution is 2.41. The molecule has 270 valence electrons. The number of benzene rings is 10. The van der Waals surface area contributed by atoms with Gasteiger partial charge in [-0.05, 0) is 107 Å². The molecule has 58 heavy (non-hydrogen) atoms. The van der Waals surface area contributed by atoms with Crippen molar-refractivity contribution in [1.29, 1.82) is 0 Å². The largest absolute Gasteiger partial charge is 0.228 e. The smallest absolute Gasteiger partial charge is 0.160 e. The second-order valence-corrected chi connectivity index (χ2v) is 15.0. The fourth-order valence-electron chi connectivity index (χ4n) is 8.49. The molecule has 0 fully saturated rings. The summed E-state index contributed by atoms with van der Waals surface area (Å²) in [5.41, 5.74) is 12.1. The van der Waals surface area contributed by atoms with Crippen molar-refractivity contribution < 1.29 is 0 Å². The van der Waals surface area contributed by atoms with Gasteiger partial charge in [0.15, 0.2) is 5.82 Å². The standard InChI is InChI=1S/C56H36N2/c1-3-12-37(13-4-1)42-18-11-19-47(33-42)54-36-53(40-15-5-2-6-16-40)57-56(58-54)41-24-22-38(23-25-41)43-26-27-45-34-48(29-28-44(45)32-43)55-50-21-10-8-17-46(50)35-52-49-20-9-7-14-39(49)30-31-51(52)55/h1-36H. The first kappa shape index (κ1) is 33.6. The van der Waals surface area contributed by atoms with Crippen molar-refractivity contribution in [3.63, 3.8) is 0 Å². The van der Waals surface area contributed by atoms with E-state index in [2.05, 4.69) is 206 Å². The molecule has 0 bridgehead atoms. The van der Waals surface area contributed by atoms with Crippen molar-refractivity contribution >= 4 is 43.1 Å². The van der Waals surface area contributed by atoms with Gasteiger partial charge in [0, 0.05) is 16.7 Å². The van der Waals surface area contributed by atoms with Gasteiger partial charge in [0.25, 0.3) is 0 Å².